The van der Waals surface area contributed by atoms with Gasteiger partial charge in [0.25, 0.3) is 5.91 Å². The van der Waals surface area contributed by atoms with Crippen LogP contribution in [0.3, 0.4) is 0 Å². The Hall–Kier alpha value is -3.42. The Morgan fingerprint density at radius 1 is 1.15 bits per heavy atom. The first-order chi connectivity index (χ1) is 12.4. The zero-order chi connectivity index (χ0) is 18.7. The molecule has 1 aromatic heterocycles. The third-order valence-electron chi connectivity index (χ3n) is 3.75. The molecule has 0 unspecified atom stereocenters. The van der Waals surface area contributed by atoms with Crippen LogP contribution < -0.4 is 11.0 Å². The Kier molecular flexibility index (Phi) is 4.83. The first-order valence-electron chi connectivity index (χ1n) is 7.88. The number of benzene rings is 2. The van der Waals surface area contributed by atoms with Gasteiger partial charge in [-0.15, -0.1) is 0 Å². The average Bonchev–Trinajstić information content (AvgIpc) is 2.96. The molecule has 7 nitrogen and oxygen atoms in total. The van der Waals surface area contributed by atoms with Crippen LogP contribution in [0.25, 0.3) is 11.0 Å². The van der Waals surface area contributed by atoms with Gasteiger partial charge in [0.1, 0.15) is 5.82 Å². The molecule has 1 amide bonds. The van der Waals surface area contributed by atoms with E-state index in [1.165, 1.54) is 25.1 Å². The monoisotopic (exact) mass is 357 g/mol. The Morgan fingerprint density at radius 3 is 2.65 bits per heavy atom. The topological polar surface area (TPSA) is 104 Å². The normalized spacial score (nSPS) is 11.9. The largest absolute Gasteiger partial charge is 0.452 e. The number of aromatic nitrogens is 2. The number of halogens is 1. The van der Waals surface area contributed by atoms with Crippen LogP contribution in [0, 0.1) is 5.82 Å². The molecule has 1 atom stereocenters. The number of hydrogen-bond acceptors (Lipinski definition) is 4. The minimum absolute atomic E-state index is 0.201. The van der Waals surface area contributed by atoms with Crippen molar-refractivity contribution in [1.29, 1.82) is 0 Å². The highest BCUT2D eigenvalue weighted by Gasteiger charge is 2.19. The highest BCUT2D eigenvalue weighted by molar-refractivity contribution is 5.96. The van der Waals surface area contributed by atoms with Crippen LogP contribution in [-0.4, -0.2) is 27.9 Å². The number of anilines is 1. The summed E-state index contributed by atoms with van der Waals surface area (Å²) in [5.41, 5.74) is 1.44. The lowest BCUT2D eigenvalue weighted by Crippen LogP contribution is -2.30. The number of esters is 1. The molecule has 2 aromatic carbocycles. The van der Waals surface area contributed by atoms with E-state index in [9.17, 15) is 18.8 Å². The van der Waals surface area contributed by atoms with Gasteiger partial charge >= 0.3 is 11.7 Å². The second kappa shape index (κ2) is 7.22. The van der Waals surface area contributed by atoms with Gasteiger partial charge in [0.15, 0.2) is 6.10 Å². The molecule has 0 aliphatic heterocycles. The summed E-state index contributed by atoms with van der Waals surface area (Å²) in [6.07, 6.45) is -1.32. The van der Waals surface area contributed by atoms with E-state index in [0.29, 0.717) is 16.7 Å². The highest BCUT2D eigenvalue weighted by atomic mass is 19.1. The van der Waals surface area contributed by atoms with Crippen LogP contribution in [0.4, 0.5) is 10.1 Å². The third kappa shape index (κ3) is 3.97. The molecule has 8 heteroatoms. The molecule has 0 fully saturated rings. The number of aromatic amines is 2. The van der Waals surface area contributed by atoms with Crippen molar-refractivity contribution in [2.45, 2.75) is 19.4 Å². The summed E-state index contributed by atoms with van der Waals surface area (Å²) >= 11 is 0. The molecule has 0 saturated carbocycles. The van der Waals surface area contributed by atoms with E-state index in [-0.39, 0.29) is 17.7 Å². The van der Waals surface area contributed by atoms with Crippen molar-refractivity contribution >= 4 is 28.6 Å². The third-order valence-corrected chi connectivity index (χ3v) is 3.75. The van der Waals surface area contributed by atoms with Gasteiger partial charge in [0.05, 0.1) is 17.5 Å². The maximum atomic E-state index is 13.5. The predicted octanol–water partition coefficient (Wildman–Crippen LogP) is 2.11. The average molecular weight is 357 g/mol. The fourth-order valence-corrected chi connectivity index (χ4v) is 2.44. The Labute approximate surface area is 147 Å². The van der Waals surface area contributed by atoms with E-state index in [4.69, 9.17) is 4.74 Å². The minimum atomic E-state index is -1.06. The number of fused-ring (bicyclic) bond motifs is 1. The fourth-order valence-electron chi connectivity index (χ4n) is 2.44. The number of rotatable bonds is 5. The molecule has 1 heterocycles. The maximum Gasteiger partial charge on any atom is 0.323 e. The number of nitrogens with one attached hydrogen (secondary N) is 3. The Balaban J connectivity index is 1.60. The molecule has 0 bridgehead atoms. The summed E-state index contributed by atoms with van der Waals surface area (Å²) in [6, 6.07) is 10.7. The molecule has 134 valence electrons. The quantitative estimate of drug-likeness (QED) is 0.608. The zero-order valence-electron chi connectivity index (χ0n) is 13.8. The van der Waals surface area contributed by atoms with Crippen molar-refractivity contribution in [2.75, 3.05) is 5.32 Å². The standard InChI is InChI=1S/C18H16FN3O4/c1-10(26-16(23)8-11-4-2-3-5-13(11)19)17(24)20-12-6-7-14-15(9-12)22-18(25)21-14/h2-7,9-10H,8H2,1H3,(H,20,24)(H2,21,22,25)/t10-/m0/s1. The van der Waals surface area contributed by atoms with Crippen LogP contribution in [0.2, 0.25) is 0 Å². The van der Waals surface area contributed by atoms with Crippen LogP contribution in [0.1, 0.15) is 12.5 Å². The van der Waals surface area contributed by atoms with Crippen LogP contribution in [-0.2, 0) is 20.7 Å². The molecule has 3 aromatic rings. The van der Waals surface area contributed by atoms with Crippen molar-refractivity contribution in [2.24, 2.45) is 0 Å². The molecular weight excluding hydrogens is 341 g/mol. The lowest BCUT2D eigenvalue weighted by molar-refractivity contribution is -0.152. The summed E-state index contributed by atoms with van der Waals surface area (Å²) in [6.45, 7) is 1.42. The number of ether oxygens (including phenoxy) is 1. The molecule has 0 spiro atoms. The van der Waals surface area contributed by atoms with Gasteiger partial charge in [0.2, 0.25) is 0 Å². The van der Waals surface area contributed by atoms with Crippen molar-refractivity contribution in [3.05, 3.63) is 64.3 Å². The SMILES string of the molecule is C[C@H](OC(=O)Cc1ccccc1F)C(=O)Nc1ccc2[nH]c(=O)[nH]c2c1. The Morgan fingerprint density at radius 2 is 1.88 bits per heavy atom. The van der Waals surface area contributed by atoms with Gasteiger partial charge < -0.3 is 20.0 Å². The molecule has 26 heavy (non-hydrogen) atoms. The molecule has 3 N–H and O–H groups in total. The lowest BCUT2D eigenvalue weighted by atomic mass is 10.1. The summed E-state index contributed by atoms with van der Waals surface area (Å²) < 4.78 is 18.6. The van der Waals surface area contributed by atoms with E-state index in [1.807, 2.05) is 0 Å². The van der Waals surface area contributed by atoms with Crippen LogP contribution in [0.5, 0.6) is 0 Å². The van der Waals surface area contributed by atoms with Crippen molar-refractivity contribution in [3.8, 4) is 0 Å². The Bertz CT molecular complexity index is 1020. The first kappa shape index (κ1) is 17.4. The number of carbonyl (C=O) groups is 2. The summed E-state index contributed by atoms with van der Waals surface area (Å²) in [5, 5.41) is 2.60. The van der Waals surface area contributed by atoms with Crippen LogP contribution in [0.15, 0.2) is 47.3 Å². The minimum Gasteiger partial charge on any atom is -0.452 e. The van der Waals surface area contributed by atoms with Gasteiger partial charge in [0, 0.05) is 5.69 Å². The van der Waals surface area contributed by atoms with Crippen molar-refractivity contribution in [1.82, 2.24) is 9.97 Å². The zero-order valence-corrected chi connectivity index (χ0v) is 13.8. The van der Waals surface area contributed by atoms with E-state index in [0.717, 1.165) is 0 Å². The molecule has 0 aliphatic carbocycles. The van der Waals surface area contributed by atoms with Gasteiger partial charge in [-0.2, -0.15) is 0 Å². The van der Waals surface area contributed by atoms with E-state index >= 15 is 0 Å². The highest BCUT2D eigenvalue weighted by Crippen LogP contribution is 2.15. The van der Waals surface area contributed by atoms with E-state index in [2.05, 4.69) is 15.3 Å². The number of imidazole rings is 1. The fraction of sp³-hybridized carbons (Fsp3) is 0.167. The number of carbonyl (C=O) groups excluding carboxylic acids is 2. The summed E-state index contributed by atoms with van der Waals surface area (Å²) in [4.78, 5) is 40.5. The van der Waals surface area contributed by atoms with Gasteiger partial charge in [-0.05, 0) is 36.8 Å². The van der Waals surface area contributed by atoms with Gasteiger partial charge in [-0.1, -0.05) is 18.2 Å². The van der Waals surface area contributed by atoms with Gasteiger partial charge in [-0.25, -0.2) is 9.18 Å². The summed E-state index contributed by atoms with van der Waals surface area (Å²) in [7, 11) is 0. The van der Waals surface area contributed by atoms with Crippen LogP contribution >= 0.6 is 0 Å². The second-order valence-corrected chi connectivity index (χ2v) is 5.73. The second-order valence-electron chi connectivity index (χ2n) is 5.73. The smallest absolute Gasteiger partial charge is 0.323 e. The number of H-pyrrole nitrogens is 2. The van der Waals surface area contributed by atoms with E-state index in [1.54, 1.807) is 24.3 Å². The molecule has 0 radical (unpaired) electrons. The van der Waals surface area contributed by atoms with Gasteiger partial charge in [-0.3, -0.25) is 9.59 Å². The summed E-state index contributed by atoms with van der Waals surface area (Å²) in [5.74, 6) is -1.75. The maximum absolute atomic E-state index is 13.5. The number of hydrogen-bond donors (Lipinski definition) is 3. The molecule has 0 aliphatic rings. The van der Waals surface area contributed by atoms with Crippen molar-refractivity contribution < 1.29 is 18.7 Å². The first-order valence-corrected chi connectivity index (χ1v) is 7.88. The molecule has 0 saturated heterocycles. The van der Waals surface area contributed by atoms with Crippen molar-refractivity contribution in [3.63, 3.8) is 0 Å². The predicted molar refractivity (Wildman–Crippen MR) is 93.2 cm³/mol. The lowest BCUT2D eigenvalue weighted by Gasteiger charge is -2.14. The molecular formula is C18H16FN3O4. The number of amides is 1. The van der Waals surface area contributed by atoms with E-state index < -0.39 is 23.8 Å². The molecule has 3 rings (SSSR count).